The van der Waals surface area contributed by atoms with Gasteiger partial charge in [0.1, 0.15) is 19.8 Å². The summed E-state index contributed by atoms with van der Waals surface area (Å²) >= 11 is 0. The molecule has 0 amide bonds. The van der Waals surface area contributed by atoms with Crippen LogP contribution in [0.4, 0.5) is 0 Å². The molecule has 0 aromatic rings. The van der Waals surface area contributed by atoms with Gasteiger partial charge in [0.2, 0.25) is 0 Å². The Bertz CT molecular complexity index is 1370. The third kappa shape index (κ3) is 44.1. The van der Waals surface area contributed by atoms with Crippen molar-refractivity contribution in [2.24, 2.45) is 0 Å². The SMILES string of the molecule is CC/C=C/C=C/C=C/C=C/CCCCCC(=O)OC(COC(=O)CCCCCCCC/C=C/C/C=C/C/C=C/C/C=C/C/C=C/CC)COP(=O)(O)OCC[N+](C)(C)C. The van der Waals surface area contributed by atoms with Crippen molar-refractivity contribution in [1.29, 1.82) is 0 Å². The first-order valence-electron chi connectivity index (χ1n) is 22.2. The largest absolute Gasteiger partial charge is 0.472 e. The van der Waals surface area contributed by atoms with E-state index in [1.54, 1.807) is 0 Å². The molecular weight excluding hydrogens is 762 g/mol. The molecule has 0 aliphatic carbocycles. The van der Waals surface area contributed by atoms with Crippen molar-refractivity contribution < 1.29 is 42.1 Å². The summed E-state index contributed by atoms with van der Waals surface area (Å²) < 4.78 is 34.2. The number of unbranched alkanes of at least 4 members (excludes halogenated alkanes) is 9. The number of allylic oxidation sites excluding steroid dienone is 18. The van der Waals surface area contributed by atoms with Gasteiger partial charge in [-0.25, -0.2) is 4.57 Å². The monoisotopic (exact) mass is 843 g/mol. The van der Waals surface area contributed by atoms with Crippen LogP contribution in [0.5, 0.6) is 0 Å². The molecule has 0 aromatic heterocycles. The van der Waals surface area contributed by atoms with Crippen molar-refractivity contribution in [3.63, 3.8) is 0 Å². The summed E-state index contributed by atoms with van der Waals surface area (Å²) in [7, 11) is 1.42. The minimum Gasteiger partial charge on any atom is -0.462 e. The number of nitrogens with zero attached hydrogens (tertiary/aromatic N) is 1. The maximum atomic E-state index is 12.7. The first kappa shape index (κ1) is 55.7. The zero-order valence-corrected chi connectivity index (χ0v) is 38.3. The van der Waals surface area contributed by atoms with E-state index < -0.39 is 32.5 Å². The van der Waals surface area contributed by atoms with E-state index in [-0.39, 0.29) is 26.1 Å². The van der Waals surface area contributed by atoms with Crippen LogP contribution < -0.4 is 0 Å². The fraction of sp³-hybridized carbons (Fsp3) is 0.592. The summed E-state index contributed by atoms with van der Waals surface area (Å²) in [5.41, 5.74) is 0. The topological polar surface area (TPSA) is 108 Å². The standard InChI is InChI=1S/C49H80NO8P/c1-6-8-10-12-14-16-18-20-21-22-23-24-25-26-27-28-30-31-33-35-37-39-41-48(51)55-45-47(46-57-59(53,54)56-44-43-50(3,4)5)58-49(52)42-40-38-36-34-32-29-19-17-15-13-11-9-7-2/h8-11,13-17,19-21,23-24,26-27,29,32,47H,6-7,12,18,22,25,28,30-31,33-46H2,1-5H3/p+1/b10-8+,11-9+,15-13+,16-14+,19-17+,21-20+,24-23+,27-26+,32-29+. The van der Waals surface area contributed by atoms with Crippen LogP contribution in [0.2, 0.25) is 0 Å². The van der Waals surface area contributed by atoms with Gasteiger partial charge in [0, 0.05) is 12.8 Å². The first-order valence-corrected chi connectivity index (χ1v) is 23.7. The van der Waals surface area contributed by atoms with Crippen LogP contribution in [0, 0.1) is 0 Å². The second-order valence-electron chi connectivity index (χ2n) is 15.4. The van der Waals surface area contributed by atoms with Gasteiger partial charge in [0.25, 0.3) is 0 Å². The molecule has 9 nitrogen and oxygen atoms in total. The Kier molecular flexibility index (Phi) is 37.8. The molecule has 0 heterocycles. The number of hydrogen-bond donors (Lipinski definition) is 1. The Hall–Kier alpha value is -3.33. The second-order valence-corrected chi connectivity index (χ2v) is 16.9. The zero-order chi connectivity index (χ0) is 43.6. The number of esters is 2. The Labute approximate surface area is 359 Å². The van der Waals surface area contributed by atoms with E-state index in [1.165, 1.54) is 0 Å². The van der Waals surface area contributed by atoms with E-state index in [4.69, 9.17) is 18.5 Å². The molecule has 0 saturated carbocycles. The summed E-state index contributed by atoms with van der Waals surface area (Å²) in [5.74, 6) is -0.875. The van der Waals surface area contributed by atoms with Crippen LogP contribution in [-0.4, -0.2) is 74.9 Å². The van der Waals surface area contributed by atoms with E-state index in [0.29, 0.717) is 23.9 Å². The quantitative estimate of drug-likeness (QED) is 0.0163. The number of phosphoric ester groups is 1. The van der Waals surface area contributed by atoms with Crippen LogP contribution in [0.25, 0.3) is 0 Å². The lowest BCUT2D eigenvalue weighted by atomic mass is 10.1. The molecule has 2 atom stereocenters. The number of carbonyl (C=O) groups excluding carboxylic acids is 2. The summed E-state index contributed by atoms with van der Waals surface area (Å²) in [6, 6.07) is 0. The van der Waals surface area contributed by atoms with Gasteiger partial charge >= 0.3 is 19.8 Å². The molecule has 0 aliphatic heterocycles. The van der Waals surface area contributed by atoms with Crippen LogP contribution in [0.1, 0.15) is 136 Å². The molecule has 2 unspecified atom stereocenters. The average Bonchev–Trinajstić information content (AvgIpc) is 3.19. The van der Waals surface area contributed by atoms with Crippen molar-refractivity contribution in [2.75, 3.05) is 47.5 Å². The Morgan fingerprint density at radius 3 is 1.58 bits per heavy atom. The third-order valence-corrected chi connectivity index (χ3v) is 9.63. The van der Waals surface area contributed by atoms with Crippen LogP contribution in [0.3, 0.4) is 0 Å². The number of ether oxygens (including phenoxy) is 2. The van der Waals surface area contributed by atoms with E-state index >= 15 is 0 Å². The first-order chi connectivity index (χ1) is 28.5. The lowest BCUT2D eigenvalue weighted by Crippen LogP contribution is -2.37. The number of carbonyl (C=O) groups is 2. The molecule has 0 radical (unpaired) electrons. The van der Waals surface area contributed by atoms with E-state index in [9.17, 15) is 19.0 Å². The van der Waals surface area contributed by atoms with E-state index in [2.05, 4.69) is 86.8 Å². The van der Waals surface area contributed by atoms with Crippen molar-refractivity contribution in [2.45, 2.75) is 142 Å². The molecule has 10 heteroatoms. The molecule has 0 aliphatic rings. The maximum Gasteiger partial charge on any atom is 0.472 e. The molecule has 0 bridgehead atoms. The van der Waals surface area contributed by atoms with Gasteiger partial charge in [-0.1, -0.05) is 155 Å². The molecule has 0 saturated heterocycles. The molecule has 334 valence electrons. The highest BCUT2D eigenvalue weighted by molar-refractivity contribution is 7.47. The summed E-state index contributed by atoms with van der Waals surface area (Å²) in [6.07, 6.45) is 54.3. The lowest BCUT2D eigenvalue weighted by Gasteiger charge is -2.24. The van der Waals surface area contributed by atoms with Crippen molar-refractivity contribution >= 4 is 19.8 Å². The smallest absolute Gasteiger partial charge is 0.462 e. The van der Waals surface area contributed by atoms with Gasteiger partial charge in [-0.2, -0.15) is 0 Å². The minimum atomic E-state index is -4.40. The van der Waals surface area contributed by atoms with Crippen LogP contribution >= 0.6 is 7.82 Å². The Morgan fingerprint density at radius 2 is 1.00 bits per heavy atom. The minimum absolute atomic E-state index is 0.0141. The summed E-state index contributed by atoms with van der Waals surface area (Å²) in [6.45, 7) is 4.06. The normalized spacial score (nSPS) is 14.6. The fourth-order valence-corrected chi connectivity index (χ4v) is 5.97. The highest BCUT2D eigenvalue weighted by Gasteiger charge is 2.27. The fourth-order valence-electron chi connectivity index (χ4n) is 5.23. The number of quaternary nitrogens is 1. The van der Waals surface area contributed by atoms with Crippen molar-refractivity contribution in [3.05, 3.63) is 109 Å². The van der Waals surface area contributed by atoms with Crippen molar-refractivity contribution in [3.8, 4) is 0 Å². The molecule has 0 fully saturated rings. The molecule has 0 rings (SSSR count). The number of rotatable bonds is 38. The van der Waals surface area contributed by atoms with E-state index in [1.807, 2.05) is 57.6 Å². The number of phosphoric acid groups is 1. The third-order valence-electron chi connectivity index (χ3n) is 8.64. The molecule has 1 N–H and O–H groups in total. The van der Waals surface area contributed by atoms with Crippen LogP contribution in [0.15, 0.2) is 109 Å². The predicted molar refractivity (Wildman–Crippen MR) is 247 cm³/mol. The summed E-state index contributed by atoms with van der Waals surface area (Å²) in [5, 5.41) is 0. The van der Waals surface area contributed by atoms with Crippen LogP contribution in [-0.2, 0) is 32.7 Å². The van der Waals surface area contributed by atoms with Crippen molar-refractivity contribution in [1.82, 2.24) is 0 Å². The van der Waals surface area contributed by atoms with Gasteiger partial charge in [-0.05, 0) is 77.0 Å². The molecule has 59 heavy (non-hydrogen) atoms. The maximum absolute atomic E-state index is 12.7. The Balaban J connectivity index is 4.41. The van der Waals surface area contributed by atoms with Gasteiger partial charge in [-0.3, -0.25) is 18.6 Å². The number of hydrogen-bond acceptors (Lipinski definition) is 7. The lowest BCUT2D eigenvalue weighted by molar-refractivity contribution is -0.870. The van der Waals surface area contributed by atoms with Gasteiger partial charge in [0.05, 0.1) is 27.7 Å². The van der Waals surface area contributed by atoms with Gasteiger partial charge in [-0.15, -0.1) is 0 Å². The van der Waals surface area contributed by atoms with Gasteiger partial charge < -0.3 is 18.9 Å². The number of likely N-dealkylation sites (N-methyl/N-ethyl adjacent to an activating group) is 1. The van der Waals surface area contributed by atoms with E-state index in [0.717, 1.165) is 96.3 Å². The highest BCUT2D eigenvalue weighted by atomic mass is 31.2. The van der Waals surface area contributed by atoms with Gasteiger partial charge in [0.15, 0.2) is 6.10 Å². The zero-order valence-electron chi connectivity index (χ0n) is 37.4. The average molecular weight is 843 g/mol. The molecular formula is C49H81NO8P+. The Morgan fingerprint density at radius 1 is 0.542 bits per heavy atom. The molecule has 0 spiro atoms. The molecule has 0 aromatic carbocycles. The predicted octanol–water partition coefficient (Wildman–Crippen LogP) is 12.7. The second kappa shape index (κ2) is 40.1. The summed E-state index contributed by atoms with van der Waals surface area (Å²) in [4.78, 5) is 35.4. The highest BCUT2D eigenvalue weighted by Crippen LogP contribution is 2.43.